The Balaban J connectivity index is 1.56. The summed E-state index contributed by atoms with van der Waals surface area (Å²) in [5, 5.41) is 13.8. The third kappa shape index (κ3) is 6.72. The van der Waals surface area contributed by atoms with E-state index in [1.54, 1.807) is 32.0 Å². The molecule has 0 saturated heterocycles. The van der Waals surface area contributed by atoms with Gasteiger partial charge in [-0.1, -0.05) is 12.1 Å². The predicted octanol–water partition coefficient (Wildman–Crippen LogP) is 7.08. The van der Waals surface area contributed by atoms with Gasteiger partial charge < -0.3 is 24.8 Å². The van der Waals surface area contributed by atoms with Gasteiger partial charge in [-0.05, 0) is 58.9 Å². The highest BCUT2D eigenvalue weighted by Crippen LogP contribution is 2.43. The number of hydrogen-bond donors (Lipinski definition) is 2. The number of anilines is 1. The predicted molar refractivity (Wildman–Crippen MR) is 152 cm³/mol. The molecule has 230 valence electrons. The van der Waals surface area contributed by atoms with Gasteiger partial charge in [0.25, 0.3) is 0 Å². The number of fused-ring (bicyclic) bond motifs is 1. The summed E-state index contributed by atoms with van der Waals surface area (Å²) in [5.41, 5.74) is -1.50. The Kier molecular flexibility index (Phi) is 8.95. The van der Waals surface area contributed by atoms with E-state index in [1.807, 2.05) is 11.9 Å². The van der Waals surface area contributed by atoms with Crippen LogP contribution in [0.3, 0.4) is 0 Å². The summed E-state index contributed by atoms with van der Waals surface area (Å²) in [7, 11) is 3.37. The molecule has 0 radical (unpaired) electrons. The molecule has 42 heavy (non-hydrogen) atoms. The van der Waals surface area contributed by atoms with Crippen molar-refractivity contribution in [3.8, 4) is 11.5 Å². The topological polar surface area (TPSA) is 66.8 Å². The molecule has 1 saturated carbocycles. The van der Waals surface area contributed by atoms with Gasteiger partial charge in [-0.3, -0.25) is 4.98 Å². The van der Waals surface area contributed by atoms with E-state index in [0.29, 0.717) is 46.9 Å². The molecule has 6 nitrogen and oxygen atoms in total. The van der Waals surface area contributed by atoms with Crippen molar-refractivity contribution in [2.75, 3.05) is 39.2 Å². The number of aromatic nitrogens is 1. The van der Waals surface area contributed by atoms with Gasteiger partial charge in [-0.25, -0.2) is 13.2 Å². The molecule has 1 aromatic heterocycles. The quantitative estimate of drug-likeness (QED) is 0.218. The highest BCUT2D eigenvalue weighted by molar-refractivity contribution is 5.94. The maximum atomic E-state index is 15.4. The van der Waals surface area contributed by atoms with Crippen molar-refractivity contribution in [1.82, 2.24) is 9.88 Å². The van der Waals surface area contributed by atoms with Crippen molar-refractivity contribution in [3.05, 3.63) is 59.0 Å². The lowest BCUT2D eigenvalue weighted by atomic mass is 9.81. The molecule has 2 aromatic carbocycles. The van der Waals surface area contributed by atoms with E-state index in [2.05, 4.69) is 10.3 Å². The van der Waals surface area contributed by atoms with Crippen LogP contribution in [0.2, 0.25) is 0 Å². The molecule has 4 rings (SSSR count). The fourth-order valence-corrected chi connectivity index (χ4v) is 5.28. The van der Waals surface area contributed by atoms with Gasteiger partial charge in [0.15, 0.2) is 11.5 Å². The van der Waals surface area contributed by atoms with Crippen molar-refractivity contribution in [2.45, 2.75) is 64.0 Å². The van der Waals surface area contributed by atoms with E-state index >= 15 is 4.39 Å². The number of pyridine rings is 1. The van der Waals surface area contributed by atoms with Crippen molar-refractivity contribution in [3.63, 3.8) is 0 Å². The van der Waals surface area contributed by atoms with E-state index in [1.165, 1.54) is 19.2 Å². The third-order valence-corrected chi connectivity index (χ3v) is 7.67. The number of aryl methyl sites for hydroxylation is 1. The number of likely N-dealkylation sites (N-methyl/N-ethyl adjacent to an activating group) is 1. The van der Waals surface area contributed by atoms with E-state index in [9.17, 15) is 22.7 Å². The van der Waals surface area contributed by atoms with Crippen LogP contribution < -0.4 is 14.8 Å². The van der Waals surface area contributed by atoms with Crippen LogP contribution in [0.25, 0.3) is 10.9 Å². The van der Waals surface area contributed by atoms with Crippen LogP contribution in [-0.2, 0) is 5.92 Å². The maximum Gasteiger partial charge on any atom is 0.303 e. The van der Waals surface area contributed by atoms with Crippen LogP contribution in [0.4, 0.5) is 27.6 Å². The van der Waals surface area contributed by atoms with Crippen LogP contribution in [-0.4, -0.2) is 60.4 Å². The van der Waals surface area contributed by atoms with Gasteiger partial charge in [0, 0.05) is 54.3 Å². The Morgan fingerprint density at radius 2 is 1.86 bits per heavy atom. The Morgan fingerprint density at radius 3 is 2.48 bits per heavy atom. The van der Waals surface area contributed by atoms with Crippen LogP contribution in [0, 0.1) is 18.7 Å². The molecule has 0 bridgehead atoms. The molecule has 2 N–H and O–H groups in total. The first-order valence-corrected chi connectivity index (χ1v) is 13.9. The standard InChI is InChI=1S/C31H38F5N3O3/c1-18-12-24(38-19(2)21-8-7-9-23(28(21)32)31(35,36)29(3,4)40)22-13-27(26(41-6)14-25(22)37-18)42-11-10-39(5)17-20-15-30(33,34)16-20/h7-9,12-14,19-20,40H,10-11,15-17H2,1-6H3,(H,37,38). The summed E-state index contributed by atoms with van der Waals surface area (Å²) in [6.45, 7) is 6.69. The average molecular weight is 596 g/mol. The summed E-state index contributed by atoms with van der Waals surface area (Å²) in [4.78, 5) is 6.54. The Bertz CT molecular complexity index is 1420. The van der Waals surface area contributed by atoms with Gasteiger partial charge in [0.1, 0.15) is 18.0 Å². The summed E-state index contributed by atoms with van der Waals surface area (Å²) in [6.07, 6.45) is -0.180. The van der Waals surface area contributed by atoms with Gasteiger partial charge >= 0.3 is 5.92 Å². The van der Waals surface area contributed by atoms with Crippen LogP contribution in [0.15, 0.2) is 36.4 Å². The first kappa shape index (κ1) is 31.7. The average Bonchev–Trinajstić information content (AvgIpc) is 2.86. The molecule has 1 aliphatic carbocycles. The Hall–Kier alpha value is -3.18. The number of ether oxygens (including phenoxy) is 2. The van der Waals surface area contributed by atoms with Gasteiger partial charge in [-0.15, -0.1) is 0 Å². The lowest BCUT2D eigenvalue weighted by Gasteiger charge is -2.37. The van der Waals surface area contributed by atoms with Gasteiger partial charge in [-0.2, -0.15) is 8.78 Å². The number of hydrogen-bond acceptors (Lipinski definition) is 6. The number of benzene rings is 2. The second kappa shape index (κ2) is 11.8. The zero-order chi connectivity index (χ0) is 31.0. The molecule has 0 aliphatic heterocycles. The third-order valence-electron chi connectivity index (χ3n) is 7.67. The lowest BCUT2D eigenvalue weighted by molar-refractivity contribution is -0.170. The molecule has 11 heteroatoms. The normalized spacial score (nSPS) is 16.4. The molecular weight excluding hydrogens is 557 g/mol. The van der Waals surface area contributed by atoms with E-state index in [4.69, 9.17) is 9.47 Å². The summed E-state index contributed by atoms with van der Waals surface area (Å²) in [5.74, 6) is -6.60. The van der Waals surface area contributed by atoms with Crippen molar-refractivity contribution < 1.29 is 36.5 Å². The fourth-order valence-electron chi connectivity index (χ4n) is 5.28. The first-order valence-electron chi connectivity index (χ1n) is 13.9. The Morgan fingerprint density at radius 1 is 1.17 bits per heavy atom. The molecule has 1 heterocycles. The summed E-state index contributed by atoms with van der Waals surface area (Å²) in [6, 6.07) is 8.24. The molecule has 0 amide bonds. The number of aliphatic hydroxyl groups is 1. The molecule has 1 unspecified atom stereocenters. The number of halogens is 5. The zero-order valence-corrected chi connectivity index (χ0v) is 24.7. The summed E-state index contributed by atoms with van der Waals surface area (Å²) < 4.78 is 83.0. The highest BCUT2D eigenvalue weighted by Gasteiger charge is 2.49. The zero-order valence-electron chi connectivity index (χ0n) is 24.7. The maximum absolute atomic E-state index is 15.4. The van der Waals surface area contributed by atoms with E-state index in [-0.39, 0.29) is 30.9 Å². The minimum Gasteiger partial charge on any atom is -0.493 e. The molecule has 3 aromatic rings. The number of rotatable bonds is 12. The van der Waals surface area contributed by atoms with E-state index in [0.717, 1.165) is 19.9 Å². The number of nitrogens with one attached hydrogen (secondary N) is 1. The van der Waals surface area contributed by atoms with Crippen LogP contribution >= 0.6 is 0 Å². The second-order valence-corrected chi connectivity index (χ2v) is 11.8. The Labute approximate surface area is 242 Å². The van der Waals surface area contributed by atoms with Crippen molar-refractivity contribution in [2.24, 2.45) is 5.92 Å². The van der Waals surface area contributed by atoms with Crippen LogP contribution in [0.5, 0.6) is 11.5 Å². The number of alkyl halides is 4. The second-order valence-electron chi connectivity index (χ2n) is 11.8. The first-order chi connectivity index (χ1) is 19.5. The fraction of sp³-hybridized carbons (Fsp3) is 0.516. The van der Waals surface area contributed by atoms with Crippen LogP contribution in [0.1, 0.15) is 56.5 Å². The summed E-state index contributed by atoms with van der Waals surface area (Å²) >= 11 is 0. The van der Waals surface area contributed by atoms with Gasteiger partial charge in [0.2, 0.25) is 5.92 Å². The van der Waals surface area contributed by atoms with Crippen molar-refractivity contribution >= 4 is 16.6 Å². The lowest BCUT2D eigenvalue weighted by Crippen LogP contribution is -2.42. The van der Waals surface area contributed by atoms with Gasteiger partial charge in [0.05, 0.1) is 24.2 Å². The van der Waals surface area contributed by atoms with Crippen molar-refractivity contribution in [1.29, 1.82) is 0 Å². The molecule has 1 atom stereocenters. The number of methoxy groups -OCH3 is 1. The van der Waals surface area contributed by atoms with E-state index < -0.39 is 34.9 Å². The molecule has 1 fully saturated rings. The monoisotopic (exact) mass is 595 g/mol. The largest absolute Gasteiger partial charge is 0.493 e. The molecule has 1 aliphatic rings. The number of nitrogens with zero attached hydrogens (tertiary/aromatic N) is 2. The minimum atomic E-state index is -3.81. The molecule has 0 spiro atoms. The minimum absolute atomic E-state index is 0.0105. The SMILES string of the molecule is COc1cc2nc(C)cc(NC(C)c3cccc(C(F)(F)C(C)(C)O)c3F)c2cc1OCCN(C)CC1CC(F)(F)C1. The highest BCUT2D eigenvalue weighted by atomic mass is 19.3. The smallest absolute Gasteiger partial charge is 0.303 e. The molecular formula is C31H38F5N3O3.